The highest BCUT2D eigenvalue weighted by Crippen LogP contribution is 2.32. The number of H-pyrrole nitrogens is 1. The van der Waals surface area contributed by atoms with E-state index in [9.17, 15) is 4.79 Å². The van der Waals surface area contributed by atoms with E-state index < -0.39 is 0 Å². The molecule has 2 aromatic heterocycles. The third-order valence-corrected chi connectivity index (χ3v) is 6.79. The summed E-state index contributed by atoms with van der Waals surface area (Å²) in [5.74, 6) is 1.06. The van der Waals surface area contributed by atoms with Crippen LogP contribution in [0.5, 0.6) is 0 Å². The zero-order valence-corrected chi connectivity index (χ0v) is 21.6. The molecule has 3 aromatic rings. The molecule has 0 bridgehead atoms. The van der Waals surface area contributed by atoms with Crippen LogP contribution in [0, 0.1) is 19.8 Å². The molecule has 0 aliphatic carbocycles. The molecule has 0 amide bonds. The van der Waals surface area contributed by atoms with Crippen LogP contribution in [-0.2, 0) is 16.8 Å². The molecule has 3 heterocycles. The van der Waals surface area contributed by atoms with Crippen molar-refractivity contribution >= 4 is 10.9 Å². The Labute approximate surface area is 201 Å². The molecule has 0 spiro atoms. The lowest BCUT2D eigenvalue weighted by molar-refractivity contribution is 0.0371. The third-order valence-electron chi connectivity index (χ3n) is 6.79. The van der Waals surface area contributed by atoms with Crippen LogP contribution < -0.4 is 5.56 Å². The first-order chi connectivity index (χ1) is 16.0. The molecule has 0 unspecified atom stereocenters. The molecule has 8 heteroatoms. The highest BCUT2D eigenvalue weighted by molar-refractivity contribution is 5.80. The summed E-state index contributed by atoms with van der Waals surface area (Å²) in [6, 6.07) is 6.17. The van der Waals surface area contributed by atoms with Crippen molar-refractivity contribution in [3.8, 4) is 0 Å². The minimum Gasteiger partial charge on any atom is -0.377 e. The van der Waals surface area contributed by atoms with E-state index in [1.807, 2.05) is 16.8 Å². The first kappa shape index (κ1) is 24.5. The number of rotatable bonds is 7. The van der Waals surface area contributed by atoms with Gasteiger partial charge in [0.1, 0.15) is 0 Å². The molecule has 1 N–H and O–H groups in total. The lowest BCUT2D eigenvalue weighted by atomic mass is 9.98. The third kappa shape index (κ3) is 5.08. The van der Waals surface area contributed by atoms with Crippen LogP contribution in [0.1, 0.15) is 76.0 Å². The predicted octanol–water partition coefficient (Wildman–Crippen LogP) is 4.26. The number of tetrazole rings is 1. The fourth-order valence-electron chi connectivity index (χ4n) is 4.92. The first-order valence-electron chi connectivity index (χ1n) is 12.3. The maximum atomic E-state index is 13.1. The molecule has 1 aliphatic heterocycles. The van der Waals surface area contributed by atoms with Gasteiger partial charge in [-0.15, -0.1) is 5.10 Å². The van der Waals surface area contributed by atoms with Crippen molar-refractivity contribution in [2.24, 2.45) is 5.92 Å². The molecule has 1 fully saturated rings. The summed E-state index contributed by atoms with van der Waals surface area (Å²) in [6.45, 7) is 16.9. The van der Waals surface area contributed by atoms with Crippen LogP contribution in [0.15, 0.2) is 23.0 Å². The Hall–Kier alpha value is -2.58. The van der Waals surface area contributed by atoms with Gasteiger partial charge in [0.2, 0.25) is 0 Å². The van der Waals surface area contributed by atoms with Gasteiger partial charge in [-0.2, -0.15) is 0 Å². The molecule has 2 atom stereocenters. The minimum absolute atomic E-state index is 0.0500. The molecule has 1 saturated heterocycles. The summed E-state index contributed by atoms with van der Waals surface area (Å²) >= 11 is 0. The van der Waals surface area contributed by atoms with Crippen molar-refractivity contribution in [3.63, 3.8) is 0 Å². The Morgan fingerprint density at radius 3 is 2.59 bits per heavy atom. The molecular weight excluding hydrogens is 428 g/mol. The number of pyridine rings is 1. The second-order valence-electron chi connectivity index (χ2n) is 11.0. The lowest BCUT2D eigenvalue weighted by Gasteiger charge is -2.36. The van der Waals surface area contributed by atoms with Crippen molar-refractivity contribution in [2.75, 3.05) is 13.2 Å². The molecular formula is C26H38N6O2. The molecule has 1 aliphatic rings. The first-order valence-corrected chi connectivity index (χ1v) is 12.3. The number of aryl methyl sites for hydroxylation is 2. The summed E-state index contributed by atoms with van der Waals surface area (Å²) in [5.41, 5.74) is 3.70. The number of aromatic nitrogens is 5. The van der Waals surface area contributed by atoms with E-state index in [4.69, 9.17) is 4.74 Å². The average molecular weight is 467 g/mol. The summed E-state index contributed by atoms with van der Waals surface area (Å²) < 4.78 is 7.92. The topological polar surface area (TPSA) is 88.9 Å². The van der Waals surface area contributed by atoms with Gasteiger partial charge in [0, 0.05) is 30.8 Å². The van der Waals surface area contributed by atoms with E-state index in [0.717, 1.165) is 48.3 Å². The van der Waals surface area contributed by atoms with Crippen LogP contribution in [0.25, 0.3) is 10.9 Å². The second-order valence-corrected chi connectivity index (χ2v) is 11.0. The molecule has 1 aromatic carbocycles. The van der Waals surface area contributed by atoms with Crippen molar-refractivity contribution < 1.29 is 4.74 Å². The van der Waals surface area contributed by atoms with Crippen LogP contribution in [0.2, 0.25) is 0 Å². The monoisotopic (exact) mass is 466 g/mol. The van der Waals surface area contributed by atoms with Gasteiger partial charge in [-0.25, -0.2) is 4.68 Å². The predicted molar refractivity (Wildman–Crippen MR) is 134 cm³/mol. The fourth-order valence-corrected chi connectivity index (χ4v) is 4.92. The normalized spacial score (nSPS) is 17.9. The average Bonchev–Trinajstić information content (AvgIpc) is 3.42. The van der Waals surface area contributed by atoms with E-state index in [1.165, 1.54) is 11.1 Å². The van der Waals surface area contributed by atoms with E-state index >= 15 is 0 Å². The number of aromatic amines is 1. The summed E-state index contributed by atoms with van der Waals surface area (Å²) in [4.78, 5) is 18.6. The number of nitrogens with one attached hydrogen (secondary N) is 1. The van der Waals surface area contributed by atoms with Crippen LogP contribution in [-0.4, -0.2) is 49.3 Å². The van der Waals surface area contributed by atoms with Crippen molar-refractivity contribution in [1.29, 1.82) is 0 Å². The number of nitrogens with zero attached hydrogens (tertiary/aromatic N) is 5. The van der Waals surface area contributed by atoms with Crippen molar-refractivity contribution in [2.45, 2.75) is 85.5 Å². The summed E-state index contributed by atoms with van der Waals surface area (Å²) in [6.07, 6.45) is 2.24. The maximum Gasteiger partial charge on any atom is 0.252 e. The largest absolute Gasteiger partial charge is 0.377 e. The van der Waals surface area contributed by atoms with Crippen molar-refractivity contribution in [1.82, 2.24) is 30.1 Å². The van der Waals surface area contributed by atoms with E-state index in [1.54, 1.807) is 0 Å². The lowest BCUT2D eigenvalue weighted by Crippen LogP contribution is -2.41. The molecule has 34 heavy (non-hydrogen) atoms. The molecule has 4 rings (SSSR count). The Kier molecular flexibility index (Phi) is 6.92. The maximum absolute atomic E-state index is 13.1. The van der Waals surface area contributed by atoms with Crippen LogP contribution in [0.4, 0.5) is 0 Å². The second kappa shape index (κ2) is 9.58. The Morgan fingerprint density at radius 2 is 1.94 bits per heavy atom. The molecule has 0 saturated carbocycles. The number of fused-ring (bicyclic) bond motifs is 1. The van der Waals surface area contributed by atoms with E-state index in [0.29, 0.717) is 6.54 Å². The quantitative estimate of drug-likeness (QED) is 0.560. The molecule has 184 valence electrons. The summed E-state index contributed by atoms with van der Waals surface area (Å²) in [7, 11) is 0. The Balaban J connectivity index is 1.77. The Bertz CT molecular complexity index is 1200. The van der Waals surface area contributed by atoms with Gasteiger partial charge in [0.25, 0.3) is 5.56 Å². The van der Waals surface area contributed by atoms with Gasteiger partial charge in [-0.3, -0.25) is 9.69 Å². The van der Waals surface area contributed by atoms with Gasteiger partial charge in [-0.05, 0) is 98.5 Å². The van der Waals surface area contributed by atoms with Gasteiger partial charge in [0.05, 0.1) is 17.7 Å². The number of ether oxygens (including phenoxy) is 1. The summed E-state index contributed by atoms with van der Waals surface area (Å²) in [5, 5.41) is 13.9. The van der Waals surface area contributed by atoms with Gasteiger partial charge in [0.15, 0.2) is 5.82 Å². The highest BCUT2D eigenvalue weighted by atomic mass is 16.5. The van der Waals surface area contributed by atoms with Gasteiger partial charge < -0.3 is 9.72 Å². The van der Waals surface area contributed by atoms with Crippen LogP contribution in [0.3, 0.4) is 0 Å². The Morgan fingerprint density at radius 1 is 1.21 bits per heavy atom. The van der Waals surface area contributed by atoms with Crippen LogP contribution >= 0.6 is 0 Å². The minimum atomic E-state index is -0.253. The van der Waals surface area contributed by atoms with E-state index in [2.05, 4.69) is 79.9 Å². The zero-order chi connectivity index (χ0) is 24.6. The standard InChI is InChI=1S/C26H38N6O2/c1-16(2)23(24-28-29-30-32(24)26(5,6)7)31(15-21-9-8-10-34-21)14-20-13-19-11-17(3)18(4)12-22(19)27-25(20)33/h11-13,16,21,23H,8-10,14-15H2,1-7H3,(H,27,33)/t21-,23+/m0/s1. The van der Waals surface area contributed by atoms with Gasteiger partial charge in [-0.1, -0.05) is 13.8 Å². The molecule has 8 nitrogen and oxygen atoms in total. The highest BCUT2D eigenvalue weighted by Gasteiger charge is 2.34. The molecule has 0 radical (unpaired) electrons. The SMILES string of the molecule is Cc1cc2cc(CN(C[C@@H]3CCCO3)[C@@H](c3nnnn3C(C)(C)C)C(C)C)c(=O)[nH]c2cc1C. The van der Waals surface area contributed by atoms with E-state index in [-0.39, 0.29) is 29.2 Å². The smallest absolute Gasteiger partial charge is 0.252 e. The zero-order valence-electron chi connectivity index (χ0n) is 21.6. The van der Waals surface area contributed by atoms with Crippen molar-refractivity contribution in [3.05, 3.63) is 51.1 Å². The van der Waals surface area contributed by atoms with Gasteiger partial charge >= 0.3 is 0 Å². The number of hydrogen-bond acceptors (Lipinski definition) is 6. The number of benzene rings is 1. The number of hydrogen-bond donors (Lipinski definition) is 1. The fraction of sp³-hybridized carbons (Fsp3) is 0.615.